The smallest absolute Gasteiger partial charge is 0.341 e. The van der Waals surface area contributed by atoms with Crippen LogP contribution < -0.4 is 0 Å². The predicted molar refractivity (Wildman–Crippen MR) is 150 cm³/mol. The Balaban J connectivity index is 5.43. The van der Waals surface area contributed by atoms with Crippen molar-refractivity contribution < 1.29 is 32.4 Å². The van der Waals surface area contributed by atoms with Gasteiger partial charge in [0.25, 0.3) is 0 Å². The number of carbonyl (C=O) groups is 2. The first-order chi connectivity index (χ1) is 16.8. The third-order valence-electron chi connectivity index (χ3n) is 6.40. The SMILES string of the molecule is CCOP(=O)(CC(=O)OC/C=C(C)/C=C/[C@H](CC[C@@H](C)C=O)O[Si](C(C)C)(C(C)C)C(C)C)OCC. The average molecular weight is 547 g/mol. The lowest BCUT2D eigenvalue weighted by atomic mass is 10.0. The quantitative estimate of drug-likeness (QED) is 0.0546. The highest BCUT2D eigenvalue weighted by molar-refractivity contribution is 7.54. The van der Waals surface area contributed by atoms with Gasteiger partial charge < -0.3 is 23.0 Å². The summed E-state index contributed by atoms with van der Waals surface area (Å²) >= 11 is 0. The van der Waals surface area contributed by atoms with Crippen molar-refractivity contribution in [1.29, 1.82) is 0 Å². The van der Waals surface area contributed by atoms with Gasteiger partial charge in [0.1, 0.15) is 19.1 Å². The molecule has 0 N–H and O–H groups in total. The third-order valence-corrected chi connectivity index (χ3v) is 14.5. The molecule has 0 aliphatic heterocycles. The number of allylic oxidation sites excluding steroid dienone is 2. The van der Waals surface area contributed by atoms with Crippen LogP contribution in [0.5, 0.6) is 0 Å². The second kappa shape index (κ2) is 17.5. The molecule has 0 saturated carbocycles. The number of esters is 1. The van der Waals surface area contributed by atoms with Crippen molar-refractivity contribution in [3.63, 3.8) is 0 Å². The van der Waals surface area contributed by atoms with E-state index < -0.39 is 28.0 Å². The first-order valence-electron chi connectivity index (χ1n) is 13.3. The van der Waals surface area contributed by atoms with Gasteiger partial charge in [-0.25, -0.2) is 0 Å². The normalized spacial score (nSPS) is 15.2. The molecule has 0 radical (unpaired) electrons. The van der Waals surface area contributed by atoms with Crippen molar-refractivity contribution in [3.05, 3.63) is 23.8 Å². The van der Waals surface area contributed by atoms with E-state index in [4.69, 9.17) is 18.2 Å². The van der Waals surface area contributed by atoms with Gasteiger partial charge in [-0.05, 0) is 56.3 Å². The van der Waals surface area contributed by atoms with E-state index in [9.17, 15) is 14.2 Å². The first-order valence-corrected chi connectivity index (χ1v) is 17.2. The van der Waals surface area contributed by atoms with E-state index in [0.29, 0.717) is 16.6 Å². The van der Waals surface area contributed by atoms with Crippen LogP contribution in [0, 0.1) is 5.92 Å². The van der Waals surface area contributed by atoms with E-state index in [1.165, 1.54) is 0 Å². The molecule has 0 unspecified atom stereocenters. The Morgan fingerprint density at radius 1 is 0.917 bits per heavy atom. The predicted octanol–water partition coefficient (Wildman–Crippen LogP) is 7.47. The van der Waals surface area contributed by atoms with Gasteiger partial charge in [-0.15, -0.1) is 0 Å². The highest BCUT2D eigenvalue weighted by Gasteiger charge is 2.46. The number of rotatable bonds is 19. The molecule has 0 amide bonds. The van der Waals surface area contributed by atoms with Crippen LogP contribution in [0.1, 0.15) is 82.1 Å². The Labute approximate surface area is 221 Å². The number of hydrogen-bond donors (Lipinski definition) is 0. The Bertz CT molecular complexity index is 729. The highest BCUT2D eigenvalue weighted by atomic mass is 31.2. The van der Waals surface area contributed by atoms with Gasteiger partial charge in [-0.2, -0.15) is 0 Å². The van der Waals surface area contributed by atoms with Crippen LogP contribution in [-0.4, -0.2) is 52.7 Å². The molecule has 36 heavy (non-hydrogen) atoms. The summed E-state index contributed by atoms with van der Waals surface area (Å²) < 4.78 is 35.0. The van der Waals surface area contributed by atoms with Gasteiger partial charge in [0, 0.05) is 5.92 Å². The van der Waals surface area contributed by atoms with Gasteiger partial charge in [-0.1, -0.05) is 66.2 Å². The number of hydrogen-bond acceptors (Lipinski definition) is 7. The fourth-order valence-corrected chi connectivity index (χ4v) is 11.7. The van der Waals surface area contributed by atoms with Gasteiger partial charge >= 0.3 is 13.6 Å². The zero-order chi connectivity index (χ0) is 27.9. The zero-order valence-corrected chi connectivity index (χ0v) is 26.1. The van der Waals surface area contributed by atoms with Gasteiger partial charge in [-0.3, -0.25) is 9.36 Å². The Kier molecular flexibility index (Phi) is 16.9. The summed E-state index contributed by atoms with van der Waals surface area (Å²) in [6.45, 7) is 21.3. The second-order valence-electron chi connectivity index (χ2n) is 10.3. The van der Waals surface area contributed by atoms with Crippen LogP contribution in [-0.2, 0) is 32.4 Å². The maximum atomic E-state index is 12.5. The maximum absolute atomic E-state index is 12.5. The topological polar surface area (TPSA) is 88.1 Å². The number of carbonyl (C=O) groups excluding carboxylic acids is 2. The third kappa shape index (κ3) is 12.0. The molecule has 7 nitrogen and oxygen atoms in total. The summed E-state index contributed by atoms with van der Waals surface area (Å²) in [6.07, 6.45) is 7.86. The van der Waals surface area contributed by atoms with Crippen molar-refractivity contribution in [3.8, 4) is 0 Å². The molecule has 0 aromatic rings. The van der Waals surface area contributed by atoms with Crippen molar-refractivity contribution in [2.24, 2.45) is 5.92 Å². The molecule has 0 aliphatic rings. The largest absolute Gasteiger partial charge is 0.461 e. The van der Waals surface area contributed by atoms with Crippen LogP contribution in [0.15, 0.2) is 23.8 Å². The minimum atomic E-state index is -3.48. The molecular formula is C27H51O7PSi. The van der Waals surface area contributed by atoms with Crippen LogP contribution in [0.25, 0.3) is 0 Å². The maximum Gasteiger partial charge on any atom is 0.341 e. The summed E-state index contributed by atoms with van der Waals surface area (Å²) in [7, 11) is -5.58. The average Bonchev–Trinajstić information content (AvgIpc) is 2.77. The molecule has 0 bridgehead atoms. The molecule has 0 spiro atoms. The fraction of sp³-hybridized carbons (Fsp3) is 0.778. The summed E-state index contributed by atoms with van der Waals surface area (Å²) in [5.74, 6) is -0.642. The lowest BCUT2D eigenvalue weighted by molar-refractivity contribution is -0.139. The Morgan fingerprint density at radius 3 is 1.89 bits per heavy atom. The van der Waals surface area contributed by atoms with E-state index in [0.717, 1.165) is 24.7 Å². The first kappa shape index (κ1) is 34.9. The summed E-state index contributed by atoms with van der Waals surface area (Å²) in [6, 6.07) is 0. The Hall–Kier alpha value is -1.05. The molecule has 0 rings (SSSR count). The molecule has 9 heteroatoms. The number of aldehydes is 1. The monoisotopic (exact) mass is 546 g/mol. The van der Waals surface area contributed by atoms with Crippen LogP contribution in [0.4, 0.5) is 0 Å². The van der Waals surface area contributed by atoms with Gasteiger partial charge in [0.05, 0.1) is 19.3 Å². The lowest BCUT2D eigenvalue weighted by Crippen LogP contribution is -2.50. The van der Waals surface area contributed by atoms with Gasteiger partial charge in [0.2, 0.25) is 8.32 Å². The molecule has 0 heterocycles. The van der Waals surface area contributed by atoms with Crippen molar-refractivity contribution in [1.82, 2.24) is 0 Å². The molecule has 0 saturated heterocycles. The van der Waals surface area contributed by atoms with Crippen molar-refractivity contribution in [2.75, 3.05) is 26.0 Å². The molecule has 2 atom stereocenters. The molecule has 0 aromatic heterocycles. The van der Waals surface area contributed by atoms with E-state index in [2.05, 4.69) is 47.6 Å². The minimum absolute atomic E-state index is 0.0156. The summed E-state index contributed by atoms with van der Waals surface area (Å²) in [5.41, 5.74) is 2.29. The van der Waals surface area contributed by atoms with E-state index in [1.54, 1.807) is 19.9 Å². The van der Waals surface area contributed by atoms with E-state index >= 15 is 0 Å². The highest BCUT2D eigenvalue weighted by Crippen LogP contribution is 2.47. The summed E-state index contributed by atoms with van der Waals surface area (Å²) in [5, 5.41) is 0. The second-order valence-corrected chi connectivity index (χ2v) is 17.7. The van der Waals surface area contributed by atoms with Crippen molar-refractivity contribution in [2.45, 2.75) is 105 Å². The minimum Gasteiger partial charge on any atom is -0.461 e. The van der Waals surface area contributed by atoms with Crippen LogP contribution in [0.3, 0.4) is 0 Å². The Morgan fingerprint density at radius 2 is 1.44 bits per heavy atom. The molecule has 0 aromatic carbocycles. The zero-order valence-electron chi connectivity index (χ0n) is 24.2. The standard InChI is InChI=1S/C27H51O7PSi/c1-11-32-35(30,33-12-2)20-27(29)31-18-17-24(9)13-15-26(16-14-25(10)19-28)34-36(21(3)4,22(5)6)23(7)8/h13,15,17,19,21-23,25-26H,11-12,14,16,18,20H2,1-10H3/b15-13+,24-17+/t25-,26-/m1/s1. The van der Waals surface area contributed by atoms with E-state index in [-0.39, 0.29) is 31.8 Å². The lowest BCUT2D eigenvalue weighted by Gasteiger charge is -2.44. The van der Waals surface area contributed by atoms with Gasteiger partial charge in [0.15, 0.2) is 0 Å². The number of ether oxygens (including phenoxy) is 1. The molecule has 0 fully saturated rings. The van der Waals surface area contributed by atoms with Crippen LogP contribution >= 0.6 is 7.60 Å². The van der Waals surface area contributed by atoms with Crippen molar-refractivity contribution >= 4 is 28.2 Å². The van der Waals surface area contributed by atoms with Crippen LogP contribution in [0.2, 0.25) is 16.6 Å². The van der Waals surface area contributed by atoms with E-state index in [1.807, 2.05) is 19.9 Å². The molecule has 0 aliphatic carbocycles. The molecular weight excluding hydrogens is 495 g/mol. The fourth-order valence-electron chi connectivity index (χ4n) is 4.68. The molecule has 210 valence electrons. The summed E-state index contributed by atoms with van der Waals surface area (Å²) in [4.78, 5) is 23.3.